The predicted molar refractivity (Wildman–Crippen MR) is 85.6 cm³/mol. The van der Waals surface area contributed by atoms with Crippen molar-refractivity contribution in [3.63, 3.8) is 0 Å². The SMILES string of the molecule is Cc1cccc(CNC(C)c2ccc(Br)cc2Cl)c1. The summed E-state index contributed by atoms with van der Waals surface area (Å²) in [7, 11) is 0. The van der Waals surface area contributed by atoms with Gasteiger partial charge in [-0.3, -0.25) is 0 Å². The number of benzene rings is 2. The van der Waals surface area contributed by atoms with Gasteiger partial charge >= 0.3 is 0 Å². The first-order valence-electron chi connectivity index (χ1n) is 6.30. The number of halogens is 2. The second-order valence-electron chi connectivity index (χ2n) is 4.76. The third kappa shape index (κ3) is 4.07. The maximum atomic E-state index is 6.26. The molecule has 2 rings (SSSR count). The second-order valence-corrected chi connectivity index (χ2v) is 6.08. The molecule has 0 aliphatic carbocycles. The van der Waals surface area contributed by atoms with Crippen molar-refractivity contribution in [3.8, 4) is 0 Å². The molecule has 0 heterocycles. The van der Waals surface area contributed by atoms with Gasteiger partial charge < -0.3 is 5.32 Å². The van der Waals surface area contributed by atoms with Crippen molar-refractivity contribution in [2.45, 2.75) is 26.4 Å². The summed E-state index contributed by atoms with van der Waals surface area (Å²) >= 11 is 9.69. The number of aryl methyl sites for hydroxylation is 1. The lowest BCUT2D eigenvalue weighted by Gasteiger charge is -2.16. The van der Waals surface area contributed by atoms with E-state index in [1.54, 1.807) is 0 Å². The van der Waals surface area contributed by atoms with E-state index >= 15 is 0 Å². The summed E-state index contributed by atoms with van der Waals surface area (Å²) in [6.07, 6.45) is 0. The predicted octanol–water partition coefficient (Wildman–Crippen LogP) is 5.26. The molecule has 1 N–H and O–H groups in total. The molecule has 0 saturated heterocycles. The van der Waals surface area contributed by atoms with Crippen LogP contribution in [0.3, 0.4) is 0 Å². The van der Waals surface area contributed by atoms with Crippen molar-refractivity contribution < 1.29 is 0 Å². The van der Waals surface area contributed by atoms with Crippen LogP contribution >= 0.6 is 27.5 Å². The molecule has 0 saturated carbocycles. The Morgan fingerprint density at radius 1 is 1.21 bits per heavy atom. The molecule has 1 atom stereocenters. The largest absolute Gasteiger partial charge is 0.306 e. The Kier molecular flexibility index (Phi) is 5.03. The molecular formula is C16H17BrClN. The van der Waals surface area contributed by atoms with Crippen molar-refractivity contribution in [3.05, 3.63) is 68.7 Å². The Labute approximate surface area is 128 Å². The van der Waals surface area contributed by atoms with E-state index < -0.39 is 0 Å². The standard InChI is InChI=1S/C16H17BrClN/c1-11-4-3-5-13(8-11)10-19-12(2)15-7-6-14(17)9-16(15)18/h3-9,12,19H,10H2,1-2H3. The summed E-state index contributed by atoms with van der Waals surface area (Å²) in [5.41, 5.74) is 3.70. The number of hydrogen-bond acceptors (Lipinski definition) is 1. The van der Waals surface area contributed by atoms with Crippen LogP contribution in [0.5, 0.6) is 0 Å². The Morgan fingerprint density at radius 2 is 2.00 bits per heavy atom. The molecule has 0 fully saturated rings. The van der Waals surface area contributed by atoms with E-state index in [-0.39, 0.29) is 6.04 Å². The third-order valence-corrected chi connectivity index (χ3v) is 3.94. The molecule has 19 heavy (non-hydrogen) atoms. The molecule has 3 heteroatoms. The monoisotopic (exact) mass is 337 g/mol. The lowest BCUT2D eigenvalue weighted by molar-refractivity contribution is 0.574. The Hall–Kier alpha value is -0.830. The minimum Gasteiger partial charge on any atom is -0.306 e. The highest BCUT2D eigenvalue weighted by Gasteiger charge is 2.09. The minimum atomic E-state index is 0.223. The maximum Gasteiger partial charge on any atom is 0.0464 e. The molecule has 1 unspecified atom stereocenters. The summed E-state index contributed by atoms with van der Waals surface area (Å²) < 4.78 is 1.01. The fourth-order valence-electron chi connectivity index (χ4n) is 2.06. The van der Waals surface area contributed by atoms with Gasteiger partial charge in [0.25, 0.3) is 0 Å². The third-order valence-electron chi connectivity index (χ3n) is 3.12. The minimum absolute atomic E-state index is 0.223. The highest BCUT2D eigenvalue weighted by atomic mass is 79.9. The van der Waals surface area contributed by atoms with E-state index in [2.05, 4.69) is 65.4 Å². The smallest absolute Gasteiger partial charge is 0.0464 e. The Balaban J connectivity index is 2.03. The first kappa shape index (κ1) is 14.6. The Bertz CT molecular complexity index is 568. The van der Waals surface area contributed by atoms with Gasteiger partial charge in [0.1, 0.15) is 0 Å². The van der Waals surface area contributed by atoms with Crippen LogP contribution in [0.25, 0.3) is 0 Å². The van der Waals surface area contributed by atoms with E-state index in [0.29, 0.717) is 0 Å². The molecular weight excluding hydrogens is 322 g/mol. The van der Waals surface area contributed by atoms with Gasteiger partial charge in [-0.05, 0) is 37.1 Å². The van der Waals surface area contributed by atoms with Gasteiger partial charge in [0, 0.05) is 22.1 Å². The van der Waals surface area contributed by atoms with E-state index in [1.165, 1.54) is 11.1 Å². The van der Waals surface area contributed by atoms with E-state index in [4.69, 9.17) is 11.6 Å². The van der Waals surface area contributed by atoms with E-state index in [9.17, 15) is 0 Å². The second kappa shape index (κ2) is 6.56. The van der Waals surface area contributed by atoms with Crippen molar-refractivity contribution in [2.24, 2.45) is 0 Å². The number of nitrogens with one attached hydrogen (secondary N) is 1. The zero-order chi connectivity index (χ0) is 13.8. The van der Waals surface area contributed by atoms with Gasteiger partial charge in [0.15, 0.2) is 0 Å². The zero-order valence-electron chi connectivity index (χ0n) is 11.1. The summed E-state index contributed by atoms with van der Waals surface area (Å²) in [6.45, 7) is 5.08. The van der Waals surface area contributed by atoms with Crippen LogP contribution in [0.1, 0.15) is 29.7 Å². The molecule has 0 aliphatic rings. The van der Waals surface area contributed by atoms with Crippen LogP contribution in [-0.4, -0.2) is 0 Å². The van der Waals surface area contributed by atoms with Gasteiger partial charge in [-0.25, -0.2) is 0 Å². The van der Waals surface area contributed by atoms with Gasteiger partial charge in [0.2, 0.25) is 0 Å². The molecule has 0 aliphatic heterocycles. The normalized spacial score (nSPS) is 12.4. The highest BCUT2D eigenvalue weighted by molar-refractivity contribution is 9.10. The average molecular weight is 339 g/mol. The summed E-state index contributed by atoms with van der Waals surface area (Å²) in [4.78, 5) is 0. The summed E-state index contributed by atoms with van der Waals surface area (Å²) in [6, 6.07) is 14.8. The first-order chi connectivity index (χ1) is 9.06. The molecule has 0 spiro atoms. The van der Waals surface area contributed by atoms with Crippen LogP contribution in [-0.2, 0) is 6.54 Å². The number of hydrogen-bond donors (Lipinski definition) is 1. The van der Waals surface area contributed by atoms with Gasteiger partial charge in [-0.15, -0.1) is 0 Å². The quantitative estimate of drug-likeness (QED) is 0.801. The van der Waals surface area contributed by atoms with Crippen LogP contribution in [0.2, 0.25) is 5.02 Å². The molecule has 0 radical (unpaired) electrons. The fraction of sp³-hybridized carbons (Fsp3) is 0.250. The molecule has 1 nitrogen and oxygen atoms in total. The first-order valence-corrected chi connectivity index (χ1v) is 7.47. The Morgan fingerprint density at radius 3 is 2.68 bits per heavy atom. The fourth-order valence-corrected chi connectivity index (χ4v) is 2.89. The van der Waals surface area contributed by atoms with E-state index in [1.807, 2.05) is 12.1 Å². The summed E-state index contributed by atoms with van der Waals surface area (Å²) in [5, 5.41) is 4.29. The highest BCUT2D eigenvalue weighted by Crippen LogP contribution is 2.26. The maximum absolute atomic E-state index is 6.26. The molecule has 2 aromatic rings. The van der Waals surface area contributed by atoms with Crippen molar-refractivity contribution >= 4 is 27.5 Å². The van der Waals surface area contributed by atoms with E-state index in [0.717, 1.165) is 21.6 Å². The molecule has 0 aromatic heterocycles. The van der Waals surface area contributed by atoms with Crippen molar-refractivity contribution in [1.29, 1.82) is 0 Å². The molecule has 0 amide bonds. The summed E-state index contributed by atoms with van der Waals surface area (Å²) in [5.74, 6) is 0. The van der Waals surface area contributed by atoms with Gasteiger partial charge in [0.05, 0.1) is 0 Å². The van der Waals surface area contributed by atoms with Gasteiger partial charge in [-0.1, -0.05) is 63.4 Å². The topological polar surface area (TPSA) is 12.0 Å². The molecule has 0 bridgehead atoms. The van der Waals surface area contributed by atoms with Crippen LogP contribution in [0, 0.1) is 6.92 Å². The lowest BCUT2D eigenvalue weighted by Crippen LogP contribution is -2.18. The lowest BCUT2D eigenvalue weighted by atomic mass is 10.1. The van der Waals surface area contributed by atoms with Crippen molar-refractivity contribution in [2.75, 3.05) is 0 Å². The van der Waals surface area contributed by atoms with Crippen LogP contribution in [0.4, 0.5) is 0 Å². The molecule has 100 valence electrons. The molecule has 2 aromatic carbocycles. The number of rotatable bonds is 4. The average Bonchev–Trinajstić information content (AvgIpc) is 2.36. The van der Waals surface area contributed by atoms with Crippen molar-refractivity contribution in [1.82, 2.24) is 5.32 Å². The zero-order valence-corrected chi connectivity index (χ0v) is 13.4. The van der Waals surface area contributed by atoms with Gasteiger partial charge in [-0.2, -0.15) is 0 Å². The van der Waals surface area contributed by atoms with Crippen LogP contribution < -0.4 is 5.32 Å². The van der Waals surface area contributed by atoms with Crippen LogP contribution in [0.15, 0.2) is 46.9 Å².